The van der Waals surface area contributed by atoms with E-state index >= 15 is 0 Å². The molecule has 1 aromatic rings. The molecule has 1 aromatic heterocycles. The first kappa shape index (κ1) is 13.4. The van der Waals surface area contributed by atoms with Crippen LogP contribution in [0.5, 0.6) is 0 Å². The van der Waals surface area contributed by atoms with E-state index in [1.54, 1.807) is 5.51 Å². The summed E-state index contributed by atoms with van der Waals surface area (Å²) in [6.45, 7) is 2.16. The highest BCUT2D eigenvalue weighted by Crippen LogP contribution is 2.62. The predicted octanol–water partition coefficient (Wildman–Crippen LogP) is 3.64. The third-order valence-electron chi connectivity index (χ3n) is 5.81. The number of aromatic nitrogens is 2. The van der Waals surface area contributed by atoms with Gasteiger partial charge in [-0.3, -0.25) is 10.1 Å². The molecule has 1 N–H and O–H groups in total. The smallest absolute Gasteiger partial charge is 0.250 e. The van der Waals surface area contributed by atoms with Crippen molar-refractivity contribution in [3.8, 4) is 0 Å². The Balaban J connectivity index is 1.52. The van der Waals surface area contributed by atoms with Gasteiger partial charge in [0.05, 0.1) is 0 Å². The standard InChI is InChI=1S/C16H21N3OS/c1-10(2-14(20)18-15-19-17-9-21-15)16-6-11-3-12(7-16)5-13(4-11)8-16/h2,9,11-13H,3-8H2,1H3,(H,18,19,20). The fourth-order valence-electron chi connectivity index (χ4n) is 5.31. The van der Waals surface area contributed by atoms with Crippen molar-refractivity contribution in [2.75, 3.05) is 5.32 Å². The van der Waals surface area contributed by atoms with Crippen LogP contribution in [0.1, 0.15) is 45.4 Å². The van der Waals surface area contributed by atoms with Gasteiger partial charge in [0.15, 0.2) is 0 Å². The van der Waals surface area contributed by atoms with Crippen molar-refractivity contribution in [1.82, 2.24) is 10.2 Å². The van der Waals surface area contributed by atoms with Crippen LogP contribution in [0.3, 0.4) is 0 Å². The third-order valence-corrected chi connectivity index (χ3v) is 6.42. The lowest BCUT2D eigenvalue weighted by Crippen LogP contribution is -2.46. The summed E-state index contributed by atoms with van der Waals surface area (Å²) in [5.74, 6) is 2.67. The molecule has 21 heavy (non-hydrogen) atoms. The molecule has 4 bridgehead atoms. The maximum Gasteiger partial charge on any atom is 0.250 e. The molecule has 5 heteroatoms. The number of hydrogen-bond donors (Lipinski definition) is 1. The second-order valence-electron chi connectivity index (χ2n) is 7.26. The molecule has 5 rings (SSSR count). The normalized spacial score (nSPS) is 37.8. The molecule has 1 amide bonds. The van der Waals surface area contributed by atoms with Gasteiger partial charge in [-0.2, -0.15) is 0 Å². The zero-order valence-corrected chi connectivity index (χ0v) is 13.2. The first-order valence-electron chi connectivity index (χ1n) is 7.89. The number of rotatable bonds is 3. The Bertz CT molecular complexity index is 543. The van der Waals surface area contributed by atoms with Crippen molar-refractivity contribution in [3.63, 3.8) is 0 Å². The lowest BCUT2D eigenvalue weighted by atomic mass is 9.48. The molecule has 112 valence electrons. The average Bonchev–Trinajstić information content (AvgIpc) is 2.89. The Labute approximate surface area is 129 Å². The molecule has 4 fully saturated rings. The van der Waals surface area contributed by atoms with E-state index in [1.165, 1.54) is 55.4 Å². The minimum Gasteiger partial charge on any atom is -0.297 e. The van der Waals surface area contributed by atoms with Gasteiger partial charge in [-0.15, -0.1) is 10.2 Å². The first-order chi connectivity index (χ1) is 10.1. The summed E-state index contributed by atoms with van der Waals surface area (Å²) in [6, 6.07) is 0. The van der Waals surface area contributed by atoms with Crippen LogP contribution < -0.4 is 5.32 Å². The summed E-state index contributed by atoms with van der Waals surface area (Å²) in [4.78, 5) is 12.2. The van der Waals surface area contributed by atoms with Gasteiger partial charge in [-0.05, 0) is 68.6 Å². The first-order valence-corrected chi connectivity index (χ1v) is 8.77. The number of nitrogens with zero attached hydrogens (tertiary/aromatic N) is 2. The third kappa shape index (κ3) is 2.41. The highest BCUT2D eigenvalue weighted by Gasteiger charge is 2.51. The number of nitrogens with one attached hydrogen (secondary N) is 1. The zero-order valence-electron chi connectivity index (χ0n) is 12.3. The quantitative estimate of drug-likeness (QED) is 0.867. The topological polar surface area (TPSA) is 54.9 Å². The van der Waals surface area contributed by atoms with E-state index in [4.69, 9.17) is 0 Å². The SMILES string of the molecule is CC(=CC(=O)Nc1nncs1)C12CC3CC(CC(C3)C1)C2. The Morgan fingerprint density at radius 1 is 1.29 bits per heavy atom. The molecule has 0 radical (unpaired) electrons. The maximum atomic E-state index is 12.2. The minimum absolute atomic E-state index is 0.0556. The van der Waals surface area contributed by atoms with E-state index in [1.807, 2.05) is 6.08 Å². The molecule has 0 unspecified atom stereocenters. The van der Waals surface area contributed by atoms with Crippen LogP contribution in [-0.4, -0.2) is 16.1 Å². The van der Waals surface area contributed by atoms with Crippen LogP contribution in [0.15, 0.2) is 17.2 Å². The number of hydrogen-bond acceptors (Lipinski definition) is 4. The van der Waals surface area contributed by atoms with Crippen LogP contribution in [0.2, 0.25) is 0 Å². The highest BCUT2D eigenvalue weighted by molar-refractivity contribution is 7.13. The zero-order chi connectivity index (χ0) is 14.4. The van der Waals surface area contributed by atoms with Crippen molar-refractivity contribution >= 4 is 22.4 Å². The van der Waals surface area contributed by atoms with Crippen LogP contribution in [0.25, 0.3) is 0 Å². The van der Waals surface area contributed by atoms with Crippen LogP contribution >= 0.6 is 11.3 Å². The molecule has 4 nitrogen and oxygen atoms in total. The summed E-state index contributed by atoms with van der Waals surface area (Å²) in [7, 11) is 0. The monoisotopic (exact) mass is 303 g/mol. The Morgan fingerprint density at radius 3 is 2.43 bits per heavy atom. The highest BCUT2D eigenvalue weighted by atomic mass is 32.1. The predicted molar refractivity (Wildman–Crippen MR) is 82.9 cm³/mol. The molecule has 1 heterocycles. The van der Waals surface area contributed by atoms with Gasteiger partial charge in [0.1, 0.15) is 5.51 Å². The summed E-state index contributed by atoms with van der Waals surface area (Å²) in [5, 5.41) is 11.0. The van der Waals surface area contributed by atoms with Crippen LogP contribution in [0, 0.1) is 23.2 Å². The average molecular weight is 303 g/mol. The summed E-state index contributed by atoms with van der Waals surface area (Å²) in [6.07, 6.45) is 10.0. The van der Waals surface area contributed by atoms with Gasteiger partial charge in [-0.25, -0.2) is 0 Å². The molecular weight excluding hydrogens is 282 g/mol. The van der Waals surface area contributed by atoms with E-state index in [-0.39, 0.29) is 5.91 Å². The lowest BCUT2D eigenvalue weighted by molar-refractivity contribution is -0.112. The fourth-order valence-corrected chi connectivity index (χ4v) is 5.76. The number of carbonyl (C=O) groups excluding carboxylic acids is 1. The number of anilines is 1. The van der Waals surface area contributed by atoms with Gasteiger partial charge in [-0.1, -0.05) is 16.9 Å². The molecule has 4 aliphatic rings. The van der Waals surface area contributed by atoms with Crippen molar-refractivity contribution in [2.45, 2.75) is 45.4 Å². The Kier molecular flexibility index (Phi) is 3.14. The van der Waals surface area contributed by atoms with E-state index in [9.17, 15) is 4.79 Å². The fraction of sp³-hybridized carbons (Fsp3) is 0.688. The number of carbonyl (C=O) groups is 1. The van der Waals surface area contributed by atoms with E-state index in [2.05, 4.69) is 22.4 Å². The van der Waals surface area contributed by atoms with Crippen molar-refractivity contribution in [1.29, 1.82) is 0 Å². The van der Waals surface area contributed by atoms with Gasteiger partial charge in [0.2, 0.25) is 11.0 Å². The maximum absolute atomic E-state index is 12.2. The van der Waals surface area contributed by atoms with Gasteiger partial charge >= 0.3 is 0 Å². The molecule has 0 aliphatic heterocycles. The molecular formula is C16H21N3OS. The summed E-state index contributed by atoms with van der Waals surface area (Å²) >= 11 is 1.35. The Hall–Kier alpha value is -1.23. The van der Waals surface area contributed by atoms with Crippen molar-refractivity contribution in [3.05, 3.63) is 17.2 Å². The molecule has 0 aromatic carbocycles. The number of allylic oxidation sites excluding steroid dienone is 1. The largest absolute Gasteiger partial charge is 0.297 e. The second-order valence-corrected chi connectivity index (χ2v) is 8.09. The van der Waals surface area contributed by atoms with Crippen molar-refractivity contribution < 1.29 is 4.79 Å². The molecule has 4 aliphatic carbocycles. The lowest BCUT2D eigenvalue weighted by Gasteiger charge is -2.57. The second kappa shape index (κ2) is 4.90. The van der Waals surface area contributed by atoms with Crippen LogP contribution in [0.4, 0.5) is 5.13 Å². The summed E-state index contributed by atoms with van der Waals surface area (Å²) in [5.41, 5.74) is 3.22. The van der Waals surface area contributed by atoms with Crippen molar-refractivity contribution in [2.24, 2.45) is 23.2 Å². The molecule has 4 saturated carbocycles. The number of amides is 1. The van der Waals surface area contributed by atoms with Gasteiger partial charge < -0.3 is 0 Å². The van der Waals surface area contributed by atoms with Gasteiger partial charge in [0, 0.05) is 6.08 Å². The minimum atomic E-state index is -0.0556. The Morgan fingerprint density at radius 2 is 1.90 bits per heavy atom. The molecule has 0 saturated heterocycles. The van der Waals surface area contributed by atoms with E-state index in [0.29, 0.717) is 10.5 Å². The molecule has 0 atom stereocenters. The van der Waals surface area contributed by atoms with E-state index in [0.717, 1.165) is 17.8 Å². The van der Waals surface area contributed by atoms with Gasteiger partial charge in [0.25, 0.3) is 0 Å². The van der Waals surface area contributed by atoms with Crippen LogP contribution in [-0.2, 0) is 4.79 Å². The summed E-state index contributed by atoms with van der Waals surface area (Å²) < 4.78 is 0. The van der Waals surface area contributed by atoms with E-state index < -0.39 is 0 Å². The molecule has 0 spiro atoms.